The van der Waals surface area contributed by atoms with Gasteiger partial charge in [0.15, 0.2) is 0 Å². The van der Waals surface area contributed by atoms with Gasteiger partial charge in [-0.2, -0.15) is 0 Å². The summed E-state index contributed by atoms with van der Waals surface area (Å²) in [4.78, 5) is 8.24. The van der Waals surface area contributed by atoms with Crippen molar-refractivity contribution in [3.05, 3.63) is 47.7 Å². The third-order valence-electron chi connectivity index (χ3n) is 3.60. The van der Waals surface area contributed by atoms with Crippen molar-refractivity contribution in [2.24, 2.45) is 0 Å². The molecule has 0 fully saturated rings. The third-order valence-corrected chi connectivity index (χ3v) is 3.60. The van der Waals surface area contributed by atoms with Gasteiger partial charge in [-0.15, -0.1) is 0 Å². The number of aryl methyl sites for hydroxylation is 2. The maximum Gasteiger partial charge on any atom is 0.143 e. The maximum atomic E-state index is 4.76. The molecule has 88 valence electrons. The standard InChI is InChI=1S/C15H13N3/c1-9-5-3-7-11-13(9)14-15(16-11)18-10(2)6-4-8-12(18)17-14/h3-8,16H,1-2H3. The van der Waals surface area contributed by atoms with Gasteiger partial charge in [0.25, 0.3) is 0 Å². The molecule has 0 saturated heterocycles. The summed E-state index contributed by atoms with van der Waals surface area (Å²) in [7, 11) is 0. The number of aromatic amines is 1. The second-order valence-corrected chi connectivity index (χ2v) is 4.79. The molecule has 0 bridgehead atoms. The quantitative estimate of drug-likeness (QED) is 0.496. The first kappa shape index (κ1) is 9.71. The normalized spacial score (nSPS) is 11.9. The summed E-state index contributed by atoms with van der Waals surface area (Å²) >= 11 is 0. The lowest BCUT2D eigenvalue weighted by Gasteiger charge is -1.98. The fourth-order valence-corrected chi connectivity index (χ4v) is 2.76. The Labute approximate surface area is 104 Å². The van der Waals surface area contributed by atoms with Crippen LogP contribution in [0.4, 0.5) is 0 Å². The van der Waals surface area contributed by atoms with Gasteiger partial charge in [-0.1, -0.05) is 18.2 Å². The number of fused-ring (bicyclic) bond motifs is 5. The smallest absolute Gasteiger partial charge is 0.143 e. The highest BCUT2D eigenvalue weighted by Gasteiger charge is 2.13. The van der Waals surface area contributed by atoms with Crippen LogP contribution in [-0.4, -0.2) is 14.4 Å². The van der Waals surface area contributed by atoms with E-state index in [0.29, 0.717) is 0 Å². The van der Waals surface area contributed by atoms with Crippen molar-refractivity contribution in [2.45, 2.75) is 13.8 Å². The van der Waals surface area contributed by atoms with E-state index < -0.39 is 0 Å². The molecule has 0 radical (unpaired) electrons. The fourth-order valence-electron chi connectivity index (χ4n) is 2.76. The Hall–Kier alpha value is -2.29. The summed E-state index contributed by atoms with van der Waals surface area (Å²) in [6.45, 7) is 4.24. The summed E-state index contributed by atoms with van der Waals surface area (Å²) in [6, 6.07) is 12.5. The molecular formula is C15H13N3. The van der Waals surface area contributed by atoms with Gasteiger partial charge in [-0.25, -0.2) is 4.98 Å². The summed E-state index contributed by atoms with van der Waals surface area (Å²) in [5, 5.41) is 1.23. The Balaban J connectivity index is 2.35. The van der Waals surface area contributed by atoms with Crippen LogP contribution in [0.2, 0.25) is 0 Å². The second-order valence-electron chi connectivity index (χ2n) is 4.79. The Morgan fingerprint density at radius 1 is 1.06 bits per heavy atom. The topological polar surface area (TPSA) is 33.1 Å². The summed E-state index contributed by atoms with van der Waals surface area (Å²) < 4.78 is 2.18. The minimum Gasteiger partial charge on any atom is -0.339 e. The average molecular weight is 235 g/mol. The number of rotatable bonds is 0. The number of hydrogen-bond acceptors (Lipinski definition) is 1. The molecule has 0 saturated carbocycles. The van der Waals surface area contributed by atoms with Crippen molar-refractivity contribution in [3.8, 4) is 0 Å². The lowest BCUT2D eigenvalue weighted by Crippen LogP contribution is -1.90. The largest absolute Gasteiger partial charge is 0.339 e. The zero-order chi connectivity index (χ0) is 12.3. The number of benzene rings is 1. The van der Waals surface area contributed by atoms with Crippen LogP contribution < -0.4 is 0 Å². The van der Waals surface area contributed by atoms with E-state index in [1.165, 1.54) is 16.6 Å². The molecule has 0 aliphatic rings. The Bertz CT molecular complexity index is 820. The van der Waals surface area contributed by atoms with Crippen molar-refractivity contribution in [1.82, 2.24) is 14.4 Å². The number of hydrogen-bond donors (Lipinski definition) is 1. The van der Waals surface area contributed by atoms with Crippen molar-refractivity contribution < 1.29 is 0 Å². The van der Waals surface area contributed by atoms with Crippen LogP contribution in [0.25, 0.3) is 27.7 Å². The van der Waals surface area contributed by atoms with Crippen LogP contribution in [-0.2, 0) is 0 Å². The molecule has 0 amide bonds. The third kappa shape index (κ3) is 1.06. The van der Waals surface area contributed by atoms with Crippen LogP contribution in [0.3, 0.4) is 0 Å². The van der Waals surface area contributed by atoms with Crippen molar-refractivity contribution in [3.63, 3.8) is 0 Å². The molecule has 3 heteroatoms. The minimum absolute atomic E-state index is 1.00. The van der Waals surface area contributed by atoms with E-state index >= 15 is 0 Å². The van der Waals surface area contributed by atoms with E-state index in [-0.39, 0.29) is 0 Å². The highest BCUT2D eigenvalue weighted by atomic mass is 15.1. The van der Waals surface area contributed by atoms with Crippen LogP contribution in [0.15, 0.2) is 36.4 Å². The van der Waals surface area contributed by atoms with Crippen LogP contribution >= 0.6 is 0 Å². The lowest BCUT2D eigenvalue weighted by molar-refractivity contribution is 1.11. The van der Waals surface area contributed by atoms with Gasteiger partial charge in [0.05, 0.1) is 0 Å². The highest BCUT2D eigenvalue weighted by Crippen LogP contribution is 2.28. The Morgan fingerprint density at radius 3 is 2.78 bits per heavy atom. The fraction of sp³-hybridized carbons (Fsp3) is 0.133. The zero-order valence-corrected chi connectivity index (χ0v) is 10.4. The predicted molar refractivity (Wildman–Crippen MR) is 74.0 cm³/mol. The Kier molecular flexibility index (Phi) is 1.69. The molecule has 4 aromatic rings. The van der Waals surface area contributed by atoms with E-state index in [1.807, 2.05) is 12.1 Å². The van der Waals surface area contributed by atoms with E-state index in [1.54, 1.807) is 0 Å². The molecular weight excluding hydrogens is 222 g/mol. The Morgan fingerprint density at radius 2 is 1.89 bits per heavy atom. The number of aromatic nitrogens is 3. The molecule has 1 N–H and O–H groups in total. The molecule has 18 heavy (non-hydrogen) atoms. The molecule has 3 aromatic heterocycles. The first-order valence-electron chi connectivity index (χ1n) is 6.11. The minimum atomic E-state index is 1.00. The summed E-state index contributed by atoms with van der Waals surface area (Å²) in [5.41, 5.74) is 6.77. The monoisotopic (exact) mass is 235 g/mol. The van der Waals surface area contributed by atoms with Crippen molar-refractivity contribution >= 4 is 27.7 Å². The predicted octanol–water partition coefficient (Wildman–Crippen LogP) is 3.59. The molecule has 0 aliphatic carbocycles. The van der Waals surface area contributed by atoms with Crippen molar-refractivity contribution in [2.75, 3.05) is 0 Å². The summed E-state index contributed by atoms with van der Waals surface area (Å²) in [6.07, 6.45) is 0. The molecule has 1 aromatic carbocycles. The molecule has 3 heterocycles. The van der Waals surface area contributed by atoms with Crippen LogP contribution in [0, 0.1) is 13.8 Å². The van der Waals surface area contributed by atoms with Gasteiger partial charge < -0.3 is 4.98 Å². The zero-order valence-electron chi connectivity index (χ0n) is 10.4. The lowest BCUT2D eigenvalue weighted by atomic mass is 10.1. The molecule has 0 spiro atoms. The van der Waals surface area contributed by atoms with Gasteiger partial charge in [-0.05, 0) is 37.6 Å². The number of H-pyrrole nitrogens is 1. The molecule has 0 atom stereocenters. The van der Waals surface area contributed by atoms with E-state index in [2.05, 4.69) is 47.5 Å². The van der Waals surface area contributed by atoms with Gasteiger partial charge in [0.1, 0.15) is 16.8 Å². The number of imidazole rings is 1. The van der Waals surface area contributed by atoms with E-state index in [4.69, 9.17) is 4.98 Å². The SMILES string of the molecule is Cc1cccc2[nH]c3c(nc4cccc(C)n43)c12. The van der Waals surface area contributed by atoms with Gasteiger partial charge in [0.2, 0.25) is 0 Å². The second kappa shape index (κ2) is 3.13. The van der Waals surface area contributed by atoms with E-state index in [0.717, 1.165) is 22.3 Å². The molecule has 4 rings (SSSR count). The van der Waals surface area contributed by atoms with Crippen LogP contribution in [0.1, 0.15) is 11.3 Å². The molecule has 0 unspecified atom stereocenters. The first-order valence-corrected chi connectivity index (χ1v) is 6.11. The highest BCUT2D eigenvalue weighted by molar-refractivity contribution is 6.07. The maximum absolute atomic E-state index is 4.76. The van der Waals surface area contributed by atoms with Gasteiger partial charge in [0, 0.05) is 16.6 Å². The number of nitrogens with one attached hydrogen (secondary N) is 1. The van der Waals surface area contributed by atoms with Crippen LogP contribution in [0.5, 0.6) is 0 Å². The number of nitrogens with zero attached hydrogens (tertiary/aromatic N) is 2. The summed E-state index contributed by atoms with van der Waals surface area (Å²) in [5.74, 6) is 0. The average Bonchev–Trinajstić information content (AvgIpc) is 2.85. The first-order chi connectivity index (χ1) is 8.75. The molecule has 3 nitrogen and oxygen atoms in total. The van der Waals surface area contributed by atoms with Gasteiger partial charge in [-0.3, -0.25) is 4.40 Å². The van der Waals surface area contributed by atoms with Crippen molar-refractivity contribution in [1.29, 1.82) is 0 Å². The van der Waals surface area contributed by atoms with E-state index in [9.17, 15) is 0 Å². The van der Waals surface area contributed by atoms with Gasteiger partial charge >= 0.3 is 0 Å². The molecule has 0 aliphatic heterocycles. The number of pyridine rings is 1.